The maximum atomic E-state index is 2.54. The highest BCUT2D eigenvalue weighted by atomic mass is 15.4. The third kappa shape index (κ3) is 3.77. The summed E-state index contributed by atoms with van der Waals surface area (Å²) < 4.78 is 0. The van der Waals surface area contributed by atoms with Gasteiger partial charge in [0.25, 0.3) is 0 Å². The van der Waals surface area contributed by atoms with E-state index in [4.69, 9.17) is 0 Å². The SMILES string of the molecule is CCCCN1C=C(CCC)N(CCC)C1. The second-order valence-corrected chi connectivity index (χ2v) is 4.44. The van der Waals surface area contributed by atoms with Crippen LogP contribution in [-0.4, -0.2) is 29.6 Å². The van der Waals surface area contributed by atoms with E-state index in [9.17, 15) is 0 Å². The highest BCUT2D eigenvalue weighted by Gasteiger charge is 2.18. The molecular formula is C13H26N2. The first-order chi connectivity index (χ1) is 7.31. The van der Waals surface area contributed by atoms with Gasteiger partial charge in [-0.2, -0.15) is 0 Å². The third-order valence-electron chi connectivity index (χ3n) is 2.89. The molecule has 0 aromatic carbocycles. The zero-order chi connectivity index (χ0) is 11.1. The molecule has 0 fully saturated rings. The minimum absolute atomic E-state index is 1.13. The predicted octanol–water partition coefficient (Wildman–Crippen LogP) is 3.41. The highest BCUT2D eigenvalue weighted by Crippen LogP contribution is 2.20. The lowest BCUT2D eigenvalue weighted by atomic mass is 10.2. The molecule has 0 N–H and O–H groups in total. The van der Waals surface area contributed by atoms with Crippen LogP contribution in [0, 0.1) is 0 Å². The number of unbranched alkanes of at least 4 members (excludes halogenated alkanes) is 1. The third-order valence-corrected chi connectivity index (χ3v) is 2.89. The molecule has 0 saturated heterocycles. The molecule has 88 valence electrons. The fourth-order valence-electron chi connectivity index (χ4n) is 2.10. The molecule has 0 unspecified atom stereocenters. The molecule has 1 rings (SSSR count). The minimum Gasteiger partial charge on any atom is -0.358 e. The Bertz CT molecular complexity index is 199. The van der Waals surface area contributed by atoms with Crippen LogP contribution in [0.15, 0.2) is 11.9 Å². The van der Waals surface area contributed by atoms with E-state index in [1.54, 1.807) is 5.70 Å². The summed E-state index contributed by atoms with van der Waals surface area (Å²) in [6.45, 7) is 10.4. The van der Waals surface area contributed by atoms with Crippen molar-refractivity contribution in [3.63, 3.8) is 0 Å². The molecule has 0 aromatic rings. The molecular weight excluding hydrogens is 184 g/mol. The summed E-state index contributed by atoms with van der Waals surface area (Å²) in [7, 11) is 0. The Morgan fingerprint density at radius 2 is 1.87 bits per heavy atom. The summed E-state index contributed by atoms with van der Waals surface area (Å²) in [5.74, 6) is 0. The lowest BCUT2D eigenvalue weighted by Crippen LogP contribution is -2.28. The Morgan fingerprint density at radius 1 is 1.07 bits per heavy atom. The van der Waals surface area contributed by atoms with E-state index in [1.165, 1.54) is 45.2 Å². The number of allylic oxidation sites excluding steroid dienone is 1. The first-order valence-electron chi connectivity index (χ1n) is 6.51. The molecule has 2 heteroatoms. The Kier molecular flexibility index (Phi) is 5.59. The molecule has 0 spiro atoms. The van der Waals surface area contributed by atoms with Crippen LogP contribution in [-0.2, 0) is 0 Å². The summed E-state index contributed by atoms with van der Waals surface area (Å²) in [5.41, 5.74) is 1.55. The summed E-state index contributed by atoms with van der Waals surface area (Å²) in [6.07, 6.45) is 8.74. The fourth-order valence-corrected chi connectivity index (χ4v) is 2.10. The molecule has 0 amide bonds. The van der Waals surface area contributed by atoms with Crippen LogP contribution >= 0.6 is 0 Å². The van der Waals surface area contributed by atoms with Crippen molar-refractivity contribution in [2.75, 3.05) is 19.8 Å². The predicted molar refractivity (Wildman–Crippen MR) is 66.5 cm³/mol. The lowest BCUT2D eigenvalue weighted by Gasteiger charge is -2.23. The van der Waals surface area contributed by atoms with Gasteiger partial charge in [0.2, 0.25) is 0 Å². The second kappa shape index (κ2) is 6.76. The number of hydrogen-bond donors (Lipinski definition) is 0. The van der Waals surface area contributed by atoms with Gasteiger partial charge in [0, 0.05) is 25.0 Å². The van der Waals surface area contributed by atoms with Gasteiger partial charge in [-0.25, -0.2) is 0 Å². The first kappa shape index (κ1) is 12.4. The van der Waals surface area contributed by atoms with Crippen molar-refractivity contribution >= 4 is 0 Å². The van der Waals surface area contributed by atoms with Crippen LogP contribution in [0.1, 0.15) is 52.9 Å². The molecule has 0 radical (unpaired) electrons. The molecule has 0 bridgehead atoms. The van der Waals surface area contributed by atoms with Gasteiger partial charge in [0.15, 0.2) is 0 Å². The van der Waals surface area contributed by atoms with Crippen molar-refractivity contribution in [2.24, 2.45) is 0 Å². The van der Waals surface area contributed by atoms with Crippen molar-refractivity contribution in [3.8, 4) is 0 Å². The molecule has 1 aliphatic heterocycles. The Labute approximate surface area is 94.9 Å². The van der Waals surface area contributed by atoms with E-state index in [2.05, 4.69) is 36.8 Å². The van der Waals surface area contributed by atoms with Crippen molar-refractivity contribution in [1.82, 2.24) is 9.80 Å². The molecule has 0 saturated carbocycles. The van der Waals surface area contributed by atoms with Gasteiger partial charge in [0.05, 0.1) is 6.67 Å². The quantitative estimate of drug-likeness (QED) is 0.635. The average Bonchev–Trinajstić information content (AvgIpc) is 2.59. The summed E-state index contributed by atoms with van der Waals surface area (Å²) in [4.78, 5) is 5.02. The average molecular weight is 210 g/mol. The van der Waals surface area contributed by atoms with E-state index < -0.39 is 0 Å². The van der Waals surface area contributed by atoms with Gasteiger partial charge < -0.3 is 9.80 Å². The normalized spacial score (nSPS) is 16.1. The van der Waals surface area contributed by atoms with E-state index in [0.717, 1.165) is 6.67 Å². The number of rotatable bonds is 7. The van der Waals surface area contributed by atoms with Crippen LogP contribution in [0.3, 0.4) is 0 Å². The Balaban J connectivity index is 2.44. The van der Waals surface area contributed by atoms with E-state index in [-0.39, 0.29) is 0 Å². The van der Waals surface area contributed by atoms with Crippen LogP contribution in [0.4, 0.5) is 0 Å². The summed E-state index contributed by atoms with van der Waals surface area (Å²) in [6, 6.07) is 0. The molecule has 2 nitrogen and oxygen atoms in total. The first-order valence-corrected chi connectivity index (χ1v) is 6.51. The smallest absolute Gasteiger partial charge is 0.0896 e. The molecule has 1 aliphatic rings. The zero-order valence-electron chi connectivity index (χ0n) is 10.6. The van der Waals surface area contributed by atoms with Gasteiger partial charge in [-0.15, -0.1) is 0 Å². The van der Waals surface area contributed by atoms with Crippen LogP contribution in [0.25, 0.3) is 0 Å². The molecule has 15 heavy (non-hydrogen) atoms. The lowest BCUT2D eigenvalue weighted by molar-refractivity contribution is 0.249. The largest absolute Gasteiger partial charge is 0.358 e. The fraction of sp³-hybridized carbons (Fsp3) is 0.846. The van der Waals surface area contributed by atoms with Crippen molar-refractivity contribution in [2.45, 2.75) is 52.9 Å². The maximum absolute atomic E-state index is 2.54. The van der Waals surface area contributed by atoms with E-state index in [0.29, 0.717) is 0 Å². The van der Waals surface area contributed by atoms with Crippen molar-refractivity contribution in [3.05, 3.63) is 11.9 Å². The van der Waals surface area contributed by atoms with Crippen LogP contribution < -0.4 is 0 Å². The van der Waals surface area contributed by atoms with Gasteiger partial charge in [-0.1, -0.05) is 33.6 Å². The zero-order valence-corrected chi connectivity index (χ0v) is 10.6. The van der Waals surface area contributed by atoms with Gasteiger partial charge in [0.1, 0.15) is 0 Å². The number of hydrogen-bond acceptors (Lipinski definition) is 2. The molecule has 0 aromatic heterocycles. The standard InChI is InChI=1S/C13H26N2/c1-4-7-10-14-11-13(8-5-2)15(12-14)9-6-3/h11H,4-10,12H2,1-3H3. The van der Waals surface area contributed by atoms with Crippen molar-refractivity contribution in [1.29, 1.82) is 0 Å². The van der Waals surface area contributed by atoms with E-state index >= 15 is 0 Å². The van der Waals surface area contributed by atoms with E-state index in [1.807, 2.05) is 0 Å². The molecule has 0 atom stereocenters. The maximum Gasteiger partial charge on any atom is 0.0896 e. The summed E-state index contributed by atoms with van der Waals surface area (Å²) >= 11 is 0. The Morgan fingerprint density at radius 3 is 2.47 bits per heavy atom. The minimum atomic E-state index is 1.13. The Hall–Kier alpha value is -0.660. The van der Waals surface area contributed by atoms with Crippen molar-refractivity contribution < 1.29 is 0 Å². The highest BCUT2D eigenvalue weighted by molar-refractivity contribution is 5.06. The van der Waals surface area contributed by atoms with Gasteiger partial charge in [-0.3, -0.25) is 0 Å². The van der Waals surface area contributed by atoms with Crippen LogP contribution in [0.2, 0.25) is 0 Å². The molecule has 1 heterocycles. The summed E-state index contributed by atoms with van der Waals surface area (Å²) in [5, 5.41) is 0. The topological polar surface area (TPSA) is 6.48 Å². The second-order valence-electron chi connectivity index (χ2n) is 4.44. The number of nitrogens with zero attached hydrogens (tertiary/aromatic N) is 2. The molecule has 0 aliphatic carbocycles. The van der Waals surface area contributed by atoms with Crippen LogP contribution in [0.5, 0.6) is 0 Å². The monoisotopic (exact) mass is 210 g/mol. The van der Waals surface area contributed by atoms with Gasteiger partial charge >= 0.3 is 0 Å². The van der Waals surface area contributed by atoms with Gasteiger partial charge in [-0.05, 0) is 19.3 Å².